The van der Waals surface area contributed by atoms with E-state index < -0.39 is 21.6 Å². The van der Waals surface area contributed by atoms with Gasteiger partial charge in [-0.3, -0.25) is 14.9 Å². The molecule has 0 saturated heterocycles. The summed E-state index contributed by atoms with van der Waals surface area (Å²) in [4.78, 5) is 35.2. The number of carbonyl (C=O) groups excluding carboxylic acids is 2. The number of allylic oxidation sites excluding steroid dienone is 3. The molecule has 140 valence electrons. The molecule has 0 aliphatic heterocycles. The Morgan fingerprint density at radius 2 is 1.88 bits per heavy atom. The van der Waals surface area contributed by atoms with Gasteiger partial charge in [-0.05, 0) is 32.4 Å². The average Bonchev–Trinajstić information content (AvgIpc) is 2.60. The second kappa shape index (κ2) is 9.19. The standard InChI is InChI=1S/C18H21NO6S/c1-6-7-8-9-18(3,17(21)25-5)26-15-10-12(2)13(16(20)24-4)11-14(15)19(22)23/h6-11H,1-5H3/b7-6-,9-8-. The molecule has 8 heteroatoms. The normalized spacial score (nSPS) is 13.6. The molecular weight excluding hydrogens is 358 g/mol. The van der Waals surface area contributed by atoms with Crippen molar-refractivity contribution < 1.29 is 24.0 Å². The molecule has 0 aromatic heterocycles. The number of nitro groups is 1. The molecule has 0 aliphatic rings. The Morgan fingerprint density at radius 1 is 1.23 bits per heavy atom. The van der Waals surface area contributed by atoms with Gasteiger partial charge in [0.15, 0.2) is 0 Å². The quantitative estimate of drug-likeness (QED) is 0.233. The van der Waals surface area contributed by atoms with Crippen LogP contribution in [0.1, 0.15) is 29.8 Å². The Kier molecular flexibility index (Phi) is 7.57. The molecule has 1 rings (SSSR count). The average molecular weight is 379 g/mol. The van der Waals surface area contributed by atoms with Crippen LogP contribution in [0.5, 0.6) is 0 Å². The zero-order valence-electron chi connectivity index (χ0n) is 15.3. The Balaban J connectivity index is 3.47. The number of rotatable bonds is 7. The van der Waals surface area contributed by atoms with E-state index in [1.54, 1.807) is 38.2 Å². The van der Waals surface area contributed by atoms with Gasteiger partial charge in [0.1, 0.15) is 4.75 Å². The molecule has 0 amide bonds. The molecule has 0 N–H and O–H groups in total. The van der Waals surface area contributed by atoms with Crippen molar-refractivity contribution in [3.63, 3.8) is 0 Å². The molecule has 26 heavy (non-hydrogen) atoms. The number of hydrogen-bond acceptors (Lipinski definition) is 7. The highest BCUT2D eigenvalue weighted by Gasteiger charge is 2.36. The smallest absolute Gasteiger partial charge is 0.338 e. The first-order chi connectivity index (χ1) is 12.2. The summed E-state index contributed by atoms with van der Waals surface area (Å²) in [6.45, 7) is 5.08. The maximum Gasteiger partial charge on any atom is 0.338 e. The minimum Gasteiger partial charge on any atom is -0.468 e. The number of ether oxygens (including phenoxy) is 2. The fourth-order valence-corrected chi connectivity index (χ4v) is 3.39. The predicted molar refractivity (Wildman–Crippen MR) is 99.4 cm³/mol. The van der Waals surface area contributed by atoms with Crippen LogP contribution in [-0.4, -0.2) is 35.8 Å². The van der Waals surface area contributed by atoms with Crippen molar-refractivity contribution in [3.05, 3.63) is 57.7 Å². The molecule has 1 aromatic carbocycles. The van der Waals surface area contributed by atoms with Gasteiger partial charge >= 0.3 is 11.9 Å². The van der Waals surface area contributed by atoms with E-state index in [-0.39, 0.29) is 16.1 Å². The third-order valence-corrected chi connectivity index (χ3v) is 4.81. The first-order valence-corrected chi connectivity index (χ1v) is 8.47. The van der Waals surface area contributed by atoms with Crippen molar-refractivity contribution >= 4 is 29.4 Å². The SMILES string of the molecule is C/C=C\C=C/C(C)(Sc1cc(C)c(C(=O)OC)cc1[N+](=O)[O-])C(=O)OC. The largest absolute Gasteiger partial charge is 0.468 e. The van der Waals surface area contributed by atoms with Crippen LogP contribution < -0.4 is 0 Å². The van der Waals surface area contributed by atoms with E-state index >= 15 is 0 Å². The number of esters is 2. The van der Waals surface area contributed by atoms with Crippen LogP contribution in [-0.2, 0) is 14.3 Å². The van der Waals surface area contributed by atoms with Crippen LogP contribution in [0.3, 0.4) is 0 Å². The lowest BCUT2D eigenvalue weighted by atomic mass is 10.1. The molecule has 1 aromatic rings. The van der Waals surface area contributed by atoms with Crippen molar-refractivity contribution in [2.24, 2.45) is 0 Å². The zero-order valence-corrected chi connectivity index (χ0v) is 16.1. The summed E-state index contributed by atoms with van der Waals surface area (Å²) in [6.07, 6.45) is 6.81. The van der Waals surface area contributed by atoms with E-state index in [1.807, 2.05) is 6.92 Å². The number of carbonyl (C=O) groups is 2. The maximum atomic E-state index is 12.3. The third-order valence-electron chi connectivity index (χ3n) is 3.54. The molecule has 0 heterocycles. The predicted octanol–water partition coefficient (Wildman–Crippen LogP) is 3.85. The summed E-state index contributed by atoms with van der Waals surface area (Å²) in [5.74, 6) is -1.21. The molecule has 1 unspecified atom stereocenters. The monoisotopic (exact) mass is 379 g/mol. The second-order valence-corrected chi connectivity index (χ2v) is 6.96. The van der Waals surface area contributed by atoms with Gasteiger partial charge in [-0.1, -0.05) is 36.1 Å². The molecule has 0 aliphatic carbocycles. The van der Waals surface area contributed by atoms with Crippen molar-refractivity contribution in [3.8, 4) is 0 Å². The van der Waals surface area contributed by atoms with E-state index in [0.717, 1.165) is 17.8 Å². The lowest BCUT2D eigenvalue weighted by Gasteiger charge is -2.22. The van der Waals surface area contributed by atoms with Crippen LogP contribution in [0.15, 0.2) is 41.3 Å². The van der Waals surface area contributed by atoms with Crippen molar-refractivity contribution in [2.45, 2.75) is 30.4 Å². The summed E-state index contributed by atoms with van der Waals surface area (Å²) < 4.78 is 8.32. The fraction of sp³-hybridized carbons (Fsp3) is 0.333. The Hall–Kier alpha value is -2.61. The zero-order chi connectivity index (χ0) is 19.9. The van der Waals surface area contributed by atoms with Gasteiger partial charge in [-0.15, -0.1) is 0 Å². The molecule has 0 bridgehead atoms. The number of nitrogens with zero attached hydrogens (tertiary/aromatic N) is 1. The van der Waals surface area contributed by atoms with E-state index in [4.69, 9.17) is 4.74 Å². The molecular formula is C18H21NO6S. The van der Waals surface area contributed by atoms with Crippen LogP contribution in [0.4, 0.5) is 5.69 Å². The van der Waals surface area contributed by atoms with Gasteiger partial charge in [0, 0.05) is 6.07 Å². The highest BCUT2D eigenvalue weighted by atomic mass is 32.2. The van der Waals surface area contributed by atoms with Gasteiger partial charge in [0.25, 0.3) is 5.69 Å². The van der Waals surface area contributed by atoms with E-state index in [0.29, 0.717) is 5.56 Å². The lowest BCUT2D eigenvalue weighted by molar-refractivity contribution is -0.387. The summed E-state index contributed by atoms with van der Waals surface area (Å²) in [7, 11) is 2.46. The van der Waals surface area contributed by atoms with E-state index in [9.17, 15) is 19.7 Å². The Bertz CT molecular complexity index is 771. The highest BCUT2D eigenvalue weighted by molar-refractivity contribution is 8.01. The molecule has 0 saturated carbocycles. The summed E-state index contributed by atoms with van der Waals surface area (Å²) in [5, 5.41) is 11.5. The van der Waals surface area contributed by atoms with Crippen molar-refractivity contribution in [1.82, 2.24) is 0 Å². The van der Waals surface area contributed by atoms with Gasteiger partial charge in [0.05, 0.1) is 29.6 Å². The first kappa shape index (κ1) is 21.4. The van der Waals surface area contributed by atoms with Crippen LogP contribution in [0.25, 0.3) is 0 Å². The number of aryl methyl sites for hydroxylation is 1. The number of methoxy groups -OCH3 is 2. The minimum atomic E-state index is -1.18. The number of hydrogen-bond donors (Lipinski definition) is 0. The minimum absolute atomic E-state index is 0.104. The summed E-state index contributed by atoms with van der Waals surface area (Å²) in [5.41, 5.74) is 0.331. The number of thioether (sulfide) groups is 1. The third kappa shape index (κ3) is 4.95. The summed E-state index contributed by atoms with van der Waals surface area (Å²) >= 11 is 0.982. The lowest BCUT2D eigenvalue weighted by Crippen LogP contribution is -2.30. The van der Waals surface area contributed by atoms with E-state index in [1.165, 1.54) is 20.3 Å². The highest BCUT2D eigenvalue weighted by Crippen LogP contribution is 2.41. The van der Waals surface area contributed by atoms with Gasteiger partial charge in [-0.2, -0.15) is 0 Å². The van der Waals surface area contributed by atoms with E-state index in [2.05, 4.69) is 4.74 Å². The maximum absolute atomic E-state index is 12.3. The fourth-order valence-electron chi connectivity index (χ4n) is 2.15. The number of nitro benzene ring substituents is 1. The molecule has 1 atom stereocenters. The summed E-state index contributed by atoms with van der Waals surface area (Å²) in [6, 6.07) is 2.66. The van der Waals surface area contributed by atoms with Crippen molar-refractivity contribution in [1.29, 1.82) is 0 Å². The Labute approximate surface area is 156 Å². The second-order valence-electron chi connectivity index (χ2n) is 5.47. The topological polar surface area (TPSA) is 95.7 Å². The van der Waals surface area contributed by atoms with Gasteiger partial charge in [0.2, 0.25) is 0 Å². The molecule has 0 fully saturated rings. The van der Waals surface area contributed by atoms with Crippen LogP contribution in [0, 0.1) is 17.0 Å². The molecule has 0 radical (unpaired) electrons. The van der Waals surface area contributed by atoms with Crippen LogP contribution >= 0.6 is 11.8 Å². The van der Waals surface area contributed by atoms with Gasteiger partial charge < -0.3 is 9.47 Å². The van der Waals surface area contributed by atoms with Crippen LogP contribution in [0.2, 0.25) is 0 Å². The molecule has 7 nitrogen and oxygen atoms in total. The van der Waals surface area contributed by atoms with Crippen molar-refractivity contribution in [2.75, 3.05) is 14.2 Å². The Morgan fingerprint density at radius 3 is 2.38 bits per heavy atom. The molecule has 0 spiro atoms. The number of benzene rings is 1. The first-order valence-electron chi connectivity index (χ1n) is 7.65. The van der Waals surface area contributed by atoms with Gasteiger partial charge in [-0.25, -0.2) is 4.79 Å².